The van der Waals surface area contributed by atoms with Gasteiger partial charge in [-0.05, 0) is 12.8 Å². The van der Waals surface area contributed by atoms with Crippen LogP contribution in [-0.4, -0.2) is 23.7 Å². The summed E-state index contributed by atoms with van der Waals surface area (Å²) in [7, 11) is 0. The molecule has 0 spiro atoms. The Labute approximate surface area is 71.5 Å². The van der Waals surface area contributed by atoms with Gasteiger partial charge in [-0.3, -0.25) is 9.59 Å². The Hall–Kier alpha value is -1.06. The van der Waals surface area contributed by atoms with Crippen LogP contribution < -0.4 is 0 Å². The lowest BCUT2D eigenvalue weighted by molar-refractivity contribution is -0.160. The fourth-order valence-corrected chi connectivity index (χ4v) is 0.890. The third kappa shape index (κ3) is 2.90. The topological polar surface area (TPSA) is 63.6 Å². The summed E-state index contributed by atoms with van der Waals surface area (Å²) >= 11 is 0. The zero-order chi connectivity index (χ0) is 9.72. The van der Waals surface area contributed by atoms with Gasteiger partial charge in [0.25, 0.3) is 0 Å². The van der Waals surface area contributed by atoms with E-state index in [9.17, 15) is 9.59 Å². The van der Waals surface area contributed by atoms with Crippen molar-refractivity contribution >= 4 is 11.9 Å². The number of carboxylic acids is 1. The molecule has 12 heavy (non-hydrogen) atoms. The summed E-state index contributed by atoms with van der Waals surface area (Å²) in [6, 6.07) is 0. The highest BCUT2D eigenvalue weighted by atomic mass is 16.5. The molecule has 0 heterocycles. The van der Waals surface area contributed by atoms with Gasteiger partial charge in [-0.25, -0.2) is 0 Å². The van der Waals surface area contributed by atoms with Crippen LogP contribution in [-0.2, 0) is 14.3 Å². The summed E-state index contributed by atoms with van der Waals surface area (Å²) < 4.78 is 4.61. The zero-order valence-electron chi connectivity index (χ0n) is 7.53. The van der Waals surface area contributed by atoms with Crippen LogP contribution in [0.2, 0.25) is 0 Å². The minimum absolute atomic E-state index is 0.218. The molecule has 4 heteroatoms. The molecule has 0 aliphatic carbocycles. The Morgan fingerprint density at radius 3 is 2.17 bits per heavy atom. The largest absolute Gasteiger partial charge is 0.481 e. The van der Waals surface area contributed by atoms with E-state index in [1.54, 1.807) is 20.8 Å². The number of hydrogen-bond acceptors (Lipinski definition) is 3. The van der Waals surface area contributed by atoms with Crippen molar-refractivity contribution in [3.63, 3.8) is 0 Å². The Balaban J connectivity index is 4.30. The van der Waals surface area contributed by atoms with Gasteiger partial charge in [0.15, 0.2) is 5.92 Å². The molecule has 1 atom stereocenters. The standard InChI is InChI=1S/C8H14O4/c1-4-12-8(11)6(5(2)3)7(9)10/h5-6H,4H2,1-3H3,(H,9,10)/t6-/m1/s1. The van der Waals surface area contributed by atoms with E-state index in [0.717, 1.165) is 0 Å². The predicted octanol–water partition coefficient (Wildman–Crippen LogP) is 0.906. The molecule has 0 saturated carbocycles. The molecule has 4 nitrogen and oxygen atoms in total. The van der Waals surface area contributed by atoms with E-state index in [2.05, 4.69) is 4.74 Å². The van der Waals surface area contributed by atoms with Crippen molar-refractivity contribution in [1.82, 2.24) is 0 Å². The number of rotatable bonds is 4. The summed E-state index contributed by atoms with van der Waals surface area (Å²) in [5.41, 5.74) is 0. The number of carbonyl (C=O) groups excluding carboxylic acids is 1. The van der Waals surface area contributed by atoms with Crippen LogP contribution in [0.5, 0.6) is 0 Å². The average molecular weight is 174 g/mol. The van der Waals surface area contributed by atoms with E-state index in [1.807, 2.05) is 0 Å². The molecule has 0 unspecified atom stereocenters. The number of hydrogen-bond donors (Lipinski definition) is 1. The predicted molar refractivity (Wildman–Crippen MR) is 42.6 cm³/mol. The summed E-state index contributed by atoms with van der Waals surface area (Å²) in [5.74, 6) is -3.05. The highest BCUT2D eigenvalue weighted by Crippen LogP contribution is 2.12. The summed E-state index contributed by atoms with van der Waals surface area (Å²) in [4.78, 5) is 21.6. The van der Waals surface area contributed by atoms with Gasteiger partial charge in [0.2, 0.25) is 0 Å². The van der Waals surface area contributed by atoms with Gasteiger partial charge in [0.1, 0.15) is 0 Å². The molecule has 0 bridgehead atoms. The van der Waals surface area contributed by atoms with Crippen LogP contribution in [0.3, 0.4) is 0 Å². The summed E-state index contributed by atoms with van der Waals surface area (Å²) in [5, 5.41) is 8.64. The normalized spacial score (nSPS) is 12.7. The molecule has 70 valence electrons. The van der Waals surface area contributed by atoms with Crippen LogP contribution in [0, 0.1) is 11.8 Å². The van der Waals surface area contributed by atoms with Crippen molar-refractivity contribution in [2.45, 2.75) is 20.8 Å². The van der Waals surface area contributed by atoms with E-state index in [0.29, 0.717) is 0 Å². The van der Waals surface area contributed by atoms with Crippen molar-refractivity contribution in [3.05, 3.63) is 0 Å². The van der Waals surface area contributed by atoms with E-state index in [-0.39, 0.29) is 12.5 Å². The van der Waals surface area contributed by atoms with E-state index in [4.69, 9.17) is 5.11 Å². The number of aliphatic carboxylic acids is 1. The Morgan fingerprint density at radius 1 is 1.42 bits per heavy atom. The number of carboxylic acid groups (broad SMARTS) is 1. The van der Waals surface area contributed by atoms with Gasteiger partial charge in [-0.15, -0.1) is 0 Å². The molecule has 0 aromatic rings. The van der Waals surface area contributed by atoms with Crippen LogP contribution >= 0.6 is 0 Å². The maximum Gasteiger partial charge on any atom is 0.320 e. The molecular formula is C8H14O4. The monoisotopic (exact) mass is 174 g/mol. The van der Waals surface area contributed by atoms with E-state index < -0.39 is 17.9 Å². The molecule has 0 aromatic heterocycles. The Morgan fingerprint density at radius 2 is 1.92 bits per heavy atom. The fourth-order valence-electron chi connectivity index (χ4n) is 0.890. The average Bonchev–Trinajstić information content (AvgIpc) is 1.85. The smallest absolute Gasteiger partial charge is 0.320 e. The van der Waals surface area contributed by atoms with Gasteiger partial charge in [-0.1, -0.05) is 13.8 Å². The molecular weight excluding hydrogens is 160 g/mol. The molecule has 0 aromatic carbocycles. The second-order valence-corrected chi connectivity index (χ2v) is 2.81. The highest BCUT2D eigenvalue weighted by molar-refractivity contribution is 5.94. The van der Waals surface area contributed by atoms with Crippen molar-refractivity contribution in [1.29, 1.82) is 0 Å². The lowest BCUT2D eigenvalue weighted by Crippen LogP contribution is -2.30. The quantitative estimate of drug-likeness (QED) is 0.508. The van der Waals surface area contributed by atoms with Gasteiger partial charge in [-0.2, -0.15) is 0 Å². The van der Waals surface area contributed by atoms with Gasteiger partial charge < -0.3 is 9.84 Å². The van der Waals surface area contributed by atoms with Crippen molar-refractivity contribution in [2.24, 2.45) is 11.8 Å². The molecule has 0 aliphatic rings. The first-order valence-corrected chi connectivity index (χ1v) is 3.90. The third-order valence-electron chi connectivity index (χ3n) is 1.47. The minimum atomic E-state index is -1.12. The lowest BCUT2D eigenvalue weighted by atomic mass is 9.96. The first kappa shape index (κ1) is 10.9. The Kier molecular flexibility index (Phi) is 4.33. The second kappa shape index (κ2) is 4.74. The molecule has 0 rings (SSSR count). The fraction of sp³-hybridized carbons (Fsp3) is 0.750. The van der Waals surface area contributed by atoms with Crippen LogP contribution in [0.4, 0.5) is 0 Å². The maximum absolute atomic E-state index is 11.0. The second-order valence-electron chi connectivity index (χ2n) is 2.81. The maximum atomic E-state index is 11.0. The van der Waals surface area contributed by atoms with Crippen LogP contribution in [0.25, 0.3) is 0 Å². The van der Waals surface area contributed by atoms with Crippen LogP contribution in [0.1, 0.15) is 20.8 Å². The molecule has 0 fully saturated rings. The van der Waals surface area contributed by atoms with Crippen LogP contribution in [0.15, 0.2) is 0 Å². The number of ether oxygens (including phenoxy) is 1. The lowest BCUT2D eigenvalue weighted by Gasteiger charge is -2.13. The van der Waals surface area contributed by atoms with E-state index >= 15 is 0 Å². The third-order valence-corrected chi connectivity index (χ3v) is 1.47. The molecule has 0 amide bonds. The first-order chi connectivity index (χ1) is 5.50. The van der Waals surface area contributed by atoms with Crippen molar-refractivity contribution in [2.75, 3.05) is 6.61 Å². The number of carbonyl (C=O) groups is 2. The van der Waals surface area contributed by atoms with Gasteiger partial charge in [0, 0.05) is 0 Å². The molecule has 0 aliphatic heterocycles. The van der Waals surface area contributed by atoms with E-state index in [1.165, 1.54) is 0 Å². The minimum Gasteiger partial charge on any atom is -0.481 e. The molecule has 0 radical (unpaired) electrons. The molecule has 0 saturated heterocycles. The highest BCUT2D eigenvalue weighted by Gasteiger charge is 2.30. The van der Waals surface area contributed by atoms with Crippen molar-refractivity contribution < 1.29 is 19.4 Å². The van der Waals surface area contributed by atoms with Gasteiger partial charge in [0.05, 0.1) is 6.61 Å². The molecule has 1 N–H and O–H groups in total. The van der Waals surface area contributed by atoms with Crippen molar-refractivity contribution in [3.8, 4) is 0 Å². The summed E-state index contributed by atoms with van der Waals surface area (Å²) in [6.45, 7) is 5.22. The SMILES string of the molecule is CCOC(=O)[C@@H](C(=O)O)C(C)C. The summed E-state index contributed by atoms with van der Waals surface area (Å²) in [6.07, 6.45) is 0. The zero-order valence-corrected chi connectivity index (χ0v) is 7.53. The van der Waals surface area contributed by atoms with Gasteiger partial charge >= 0.3 is 11.9 Å². The first-order valence-electron chi connectivity index (χ1n) is 3.90. The Bertz CT molecular complexity index is 174. The number of esters is 1.